The van der Waals surface area contributed by atoms with Crippen LogP contribution in [0.2, 0.25) is 0 Å². The number of carbonyl (C=O) groups is 1. The zero-order valence-electron chi connectivity index (χ0n) is 6.19. The highest BCUT2D eigenvalue weighted by Crippen LogP contribution is 2.18. The van der Waals surface area contributed by atoms with Gasteiger partial charge in [-0.2, -0.15) is 0 Å². The summed E-state index contributed by atoms with van der Waals surface area (Å²) in [7, 11) is 0. The number of aliphatic hydroxyl groups is 1. The van der Waals surface area contributed by atoms with Gasteiger partial charge in [-0.25, -0.2) is 4.79 Å². The second kappa shape index (κ2) is 4.04. The van der Waals surface area contributed by atoms with Crippen LogP contribution in [0.4, 0.5) is 4.79 Å². The summed E-state index contributed by atoms with van der Waals surface area (Å²) in [6.45, 7) is -0.168. The van der Waals surface area contributed by atoms with Crippen LogP contribution in [0, 0.1) is 0 Å². The second-order valence-corrected chi connectivity index (χ2v) is 2.45. The Labute approximate surface area is 75.4 Å². The molecule has 0 aliphatic carbocycles. The van der Waals surface area contributed by atoms with Crippen molar-refractivity contribution in [1.82, 2.24) is 0 Å². The van der Waals surface area contributed by atoms with E-state index in [1.54, 1.807) is 24.3 Å². The zero-order chi connectivity index (χ0) is 8.97. The van der Waals surface area contributed by atoms with Gasteiger partial charge in [-0.05, 0) is 6.07 Å². The lowest BCUT2D eigenvalue weighted by Crippen LogP contribution is -1.99. The lowest BCUT2D eigenvalue weighted by molar-refractivity contribution is 0.224. The Balaban J connectivity index is 2.89. The Morgan fingerprint density at radius 2 is 2.17 bits per heavy atom. The van der Waals surface area contributed by atoms with Crippen molar-refractivity contribution in [3.63, 3.8) is 0 Å². The molecule has 1 aromatic carbocycles. The zero-order valence-corrected chi connectivity index (χ0v) is 7.00. The molecular formula is C8H7O3S. The van der Waals surface area contributed by atoms with Gasteiger partial charge in [0.2, 0.25) is 0 Å². The fourth-order valence-corrected chi connectivity index (χ4v) is 0.914. The van der Waals surface area contributed by atoms with Crippen molar-refractivity contribution in [3.05, 3.63) is 29.8 Å². The summed E-state index contributed by atoms with van der Waals surface area (Å²) in [5, 5.41) is 8.01. The molecule has 1 radical (unpaired) electrons. The van der Waals surface area contributed by atoms with E-state index in [4.69, 9.17) is 5.11 Å². The highest BCUT2D eigenvalue weighted by atomic mass is 32.1. The molecule has 0 atom stereocenters. The quantitative estimate of drug-likeness (QED) is 0.712. The molecule has 0 unspecified atom stereocenters. The Bertz CT molecular complexity index is 285. The number of hydrogen-bond acceptors (Lipinski definition) is 3. The Morgan fingerprint density at radius 3 is 2.75 bits per heavy atom. The van der Waals surface area contributed by atoms with Gasteiger partial charge >= 0.3 is 5.30 Å². The minimum Gasteiger partial charge on any atom is -0.415 e. The van der Waals surface area contributed by atoms with Gasteiger partial charge in [0, 0.05) is 18.2 Å². The van der Waals surface area contributed by atoms with Crippen molar-refractivity contribution < 1.29 is 14.6 Å². The van der Waals surface area contributed by atoms with E-state index in [0.29, 0.717) is 11.3 Å². The molecule has 1 N–H and O–H groups in total. The van der Waals surface area contributed by atoms with Crippen LogP contribution in [0.1, 0.15) is 5.56 Å². The van der Waals surface area contributed by atoms with Gasteiger partial charge in [0.25, 0.3) is 0 Å². The molecule has 0 aromatic heterocycles. The van der Waals surface area contributed by atoms with Gasteiger partial charge in [-0.15, -0.1) is 0 Å². The predicted octanol–water partition coefficient (Wildman–Crippen LogP) is 1.88. The number of rotatable bonds is 2. The van der Waals surface area contributed by atoms with E-state index < -0.39 is 5.30 Å². The predicted molar refractivity (Wildman–Crippen MR) is 46.0 cm³/mol. The average molecular weight is 183 g/mol. The lowest BCUT2D eigenvalue weighted by atomic mass is 10.2. The number of hydrogen-bond donors (Lipinski definition) is 1. The van der Waals surface area contributed by atoms with Crippen LogP contribution in [0.15, 0.2) is 24.3 Å². The van der Waals surface area contributed by atoms with Crippen molar-refractivity contribution >= 4 is 17.9 Å². The third kappa shape index (κ3) is 2.18. The standard InChI is InChI=1S/C8H7O3S/c9-5-6-3-1-2-4-7(6)11-8(10)12/h1-4,9H,5H2. The Kier molecular flexibility index (Phi) is 3.01. The van der Waals surface area contributed by atoms with Gasteiger partial charge in [0.15, 0.2) is 0 Å². The summed E-state index contributed by atoms with van der Waals surface area (Å²) in [6, 6.07) is 6.68. The molecule has 1 rings (SSSR count). The van der Waals surface area contributed by atoms with Crippen LogP contribution < -0.4 is 4.74 Å². The van der Waals surface area contributed by atoms with Gasteiger partial charge in [0.05, 0.1) is 6.61 Å². The third-order valence-corrected chi connectivity index (χ3v) is 1.42. The van der Waals surface area contributed by atoms with Crippen LogP contribution in [-0.4, -0.2) is 10.4 Å². The molecule has 12 heavy (non-hydrogen) atoms. The van der Waals surface area contributed by atoms with E-state index in [9.17, 15) is 4.79 Å². The summed E-state index contributed by atoms with van der Waals surface area (Å²) in [5.41, 5.74) is 0.552. The van der Waals surface area contributed by atoms with E-state index >= 15 is 0 Å². The van der Waals surface area contributed by atoms with Crippen molar-refractivity contribution in [2.24, 2.45) is 0 Å². The molecule has 0 bridgehead atoms. The van der Waals surface area contributed by atoms with Crippen LogP contribution in [0.3, 0.4) is 0 Å². The first-order valence-electron chi connectivity index (χ1n) is 3.31. The van der Waals surface area contributed by atoms with Gasteiger partial charge in [-0.1, -0.05) is 18.2 Å². The van der Waals surface area contributed by atoms with Gasteiger partial charge in [-0.3, -0.25) is 0 Å². The molecule has 0 aliphatic heterocycles. The molecule has 0 heterocycles. The first-order valence-corrected chi connectivity index (χ1v) is 3.72. The summed E-state index contributed by atoms with van der Waals surface area (Å²) < 4.78 is 4.65. The largest absolute Gasteiger partial charge is 0.415 e. The topological polar surface area (TPSA) is 46.5 Å². The number of benzene rings is 1. The van der Waals surface area contributed by atoms with Crippen LogP contribution >= 0.6 is 12.6 Å². The molecule has 0 fully saturated rings. The maximum absolute atomic E-state index is 10.4. The monoisotopic (exact) mass is 183 g/mol. The van der Waals surface area contributed by atoms with E-state index in [0.717, 1.165) is 0 Å². The van der Waals surface area contributed by atoms with E-state index in [-0.39, 0.29) is 6.61 Å². The summed E-state index contributed by atoms with van der Waals surface area (Å²) in [5.74, 6) is 0.319. The minimum atomic E-state index is -0.795. The molecular weight excluding hydrogens is 176 g/mol. The highest BCUT2D eigenvalue weighted by Gasteiger charge is 2.04. The molecule has 0 aliphatic rings. The highest BCUT2D eigenvalue weighted by molar-refractivity contribution is 7.96. The van der Waals surface area contributed by atoms with Crippen molar-refractivity contribution in [3.8, 4) is 5.75 Å². The van der Waals surface area contributed by atoms with E-state index in [1.807, 2.05) is 0 Å². The molecule has 4 heteroatoms. The Hall–Kier alpha value is -1.13. The smallest absolute Gasteiger partial charge is 0.405 e. The molecule has 0 saturated carbocycles. The molecule has 3 nitrogen and oxygen atoms in total. The maximum Gasteiger partial charge on any atom is 0.405 e. The first kappa shape index (κ1) is 8.96. The van der Waals surface area contributed by atoms with Crippen molar-refractivity contribution in [2.75, 3.05) is 0 Å². The van der Waals surface area contributed by atoms with Crippen molar-refractivity contribution in [2.45, 2.75) is 6.61 Å². The van der Waals surface area contributed by atoms with Gasteiger partial charge in [0.1, 0.15) is 5.75 Å². The molecule has 0 saturated heterocycles. The fraction of sp³-hybridized carbons (Fsp3) is 0.125. The second-order valence-electron chi connectivity index (χ2n) is 2.12. The van der Waals surface area contributed by atoms with E-state index in [1.165, 1.54) is 0 Å². The Morgan fingerprint density at radius 1 is 1.50 bits per heavy atom. The maximum atomic E-state index is 10.4. The minimum absolute atomic E-state index is 0.168. The fourth-order valence-electron chi connectivity index (χ4n) is 0.824. The van der Waals surface area contributed by atoms with Crippen LogP contribution in [-0.2, 0) is 6.61 Å². The summed E-state index contributed by atoms with van der Waals surface area (Å²) in [6.07, 6.45) is 0. The SMILES string of the molecule is O=C([S])Oc1ccccc1CO. The summed E-state index contributed by atoms with van der Waals surface area (Å²) >= 11 is 4.23. The third-order valence-electron chi connectivity index (χ3n) is 1.34. The van der Waals surface area contributed by atoms with Crippen molar-refractivity contribution in [1.29, 1.82) is 0 Å². The number of para-hydroxylation sites is 1. The van der Waals surface area contributed by atoms with Crippen LogP contribution in [0.5, 0.6) is 5.75 Å². The normalized spacial score (nSPS) is 9.42. The molecule has 0 spiro atoms. The summed E-state index contributed by atoms with van der Waals surface area (Å²) in [4.78, 5) is 10.4. The van der Waals surface area contributed by atoms with Gasteiger partial charge < -0.3 is 9.84 Å². The number of carbonyl (C=O) groups excluding carboxylic acids is 1. The lowest BCUT2D eigenvalue weighted by Gasteiger charge is -2.03. The first-order chi connectivity index (χ1) is 5.74. The van der Waals surface area contributed by atoms with Crippen LogP contribution in [0.25, 0.3) is 0 Å². The number of ether oxygens (including phenoxy) is 1. The molecule has 63 valence electrons. The van der Waals surface area contributed by atoms with E-state index in [2.05, 4.69) is 17.4 Å². The molecule has 0 amide bonds. The number of aliphatic hydroxyl groups excluding tert-OH is 1. The average Bonchev–Trinajstić information content (AvgIpc) is 2.04. The molecule has 1 aromatic rings.